The van der Waals surface area contributed by atoms with Gasteiger partial charge in [-0.2, -0.15) is 8.42 Å². The summed E-state index contributed by atoms with van der Waals surface area (Å²) in [5.41, 5.74) is 5.95. The Morgan fingerprint density at radius 2 is 1.95 bits per heavy atom. The van der Waals surface area contributed by atoms with Crippen LogP contribution >= 0.6 is 0 Å². The zero-order valence-electron chi connectivity index (χ0n) is 11.2. The molecule has 0 spiro atoms. The van der Waals surface area contributed by atoms with Crippen molar-refractivity contribution in [2.75, 3.05) is 20.1 Å². The summed E-state index contributed by atoms with van der Waals surface area (Å²) in [6, 6.07) is 4.97. The summed E-state index contributed by atoms with van der Waals surface area (Å²) >= 11 is 0. The molecule has 4 N–H and O–H groups in total. The van der Waals surface area contributed by atoms with Gasteiger partial charge in [-0.05, 0) is 17.7 Å². The van der Waals surface area contributed by atoms with Gasteiger partial charge < -0.3 is 20.1 Å². The molecule has 112 valence electrons. The fourth-order valence-electron chi connectivity index (χ4n) is 1.60. The molecule has 9 heteroatoms. The molecule has 0 saturated heterocycles. The molecule has 0 bridgehead atoms. The molecule has 1 rings (SSSR count). The van der Waals surface area contributed by atoms with Crippen LogP contribution in [0, 0.1) is 5.41 Å². The Morgan fingerprint density at radius 1 is 1.35 bits per heavy atom. The first-order chi connectivity index (χ1) is 9.26. The fraction of sp³-hybridized carbons (Fsp3) is 0.364. The molecule has 0 unspecified atom stereocenters. The van der Waals surface area contributed by atoms with Crippen molar-refractivity contribution in [1.29, 1.82) is 5.41 Å². The van der Waals surface area contributed by atoms with Gasteiger partial charge in [0, 0.05) is 6.54 Å². The number of ether oxygens (including phenoxy) is 2. The van der Waals surface area contributed by atoms with E-state index in [0.717, 1.165) is 4.90 Å². The Morgan fingerprint density at radius 3 is 2.40 bits per heavy atom. The van der Waals surface area contributed by atoms with Gasteiger partial charge in [-0.1, -0.05) is 6.07 Å². The highest BCUT2D eigenvalue weighted by Crippen LogP contribution is 2.28. The standard InChI is InChI=1S/C11H17N3O5S/c1-18-9-4-3-8(5-10(9)19-2)6-14(11(12)13)7-20(15,16)17/h3-5H,6-7H2,1-2H3,(H3,12,13)(H,15,16,17). The third-order valence-electron chi connectivity index (χ3n) is 2.48. The van der Waals surface area contributed by atoms with E-state index >= 15 is 0 Å². The van der Waals surface area contributed by atoms with E-state index in [9.17, 15) is 8.42 Å². The van der Waals surface area contributed by atoms with Crippen LogP contribution < -0.4 is 15.2 Å². The maximum Gasteiger partial charge on any atom is 0.283 e. The molecule has 0 heterocycles. The normalized spacial score (nSPS) is 10.9. The van der Waals surface area contributed by atoms with Crippen LogP contribution in [0.1, 0.15) is 5.56 Å². The number of benzene rings is 1. The third kappa shape index (κ3) is 4.59. The van der Waals surface area contributed by atoms with Crippen LogP contribution in [0.5, 0.6) is 11.5 Å². The van der Waals surface area contributed by atoms with Crippen LogP contribution in [0.2, 0.25) is 0 Å². The number of rotatable bonds is 6. The maximum absolute atomic E-state index is 10.9. The van der Waals surface area contributed by atoms with Crippen molar-refractivity contribution in [3.8, 4) is 11.5 Å². The topological polar surface area (TPSA) is 126 Å². The SMILES string of the molecule is COc1ccc(CN(CS(=O)(=O)O)C(=N)N)cc1OC. The minimum atomic E-state index is -4.27. The molecular weight excluding hydrogens is 286 g/mol. The second-order valence-electron chi connectivity index (χ2n) is 3.98. The monoisotopic (exact) mass is 303 g/mol. The molecule has 0 atom stereocenters. The summed E-state index contributed by atoms with van der Waals surface area (Å²) in [4.78, 5) is 1.01. The van der Waals surface area contributed by atoms with E-state index in [-0.39, 0.29) is 6.54 Å². The van der Waals surface area contributed by atoms with Gasteiger partial charge in [0.1, 0.15) is 5.88 Å². The molecule has 0 saturated carbocycles. The van der Waals surface area contributed by atoms with Gasteiger partial charge in [0.15, 0.2) is 17.5 Å². The number of methoxy groups -OCH3 is 2. The van der Waals surface area contributed by atoms with Crippen LogP contribution in [0.15, 0.2) is 18.2 Å². The third-order valence-corrected chi connectivity index (χ3v) is 3.12. The van der Waals surface area contributed by atoms with Gasteiger partial charge >= 0.3 is 0 Å². The molecule has 0 aliphatic heterocycles. The Bertz CT molecular complexity index is 588. The van der Waals surface area contributed by atoms with E-state index in [1.165, 1.54) is 14.2 Å². The van der Waals surface area contributed by atoms with Crippen molar-refractivity contribution in [3.05, 3.63) is 23.8 Å². The highest BCUT2D eigenvalue weighted by molar-refractivity contribution is 7.85. The molecule has 0 aliphatic carbocycles. The molecule has 1 aromatic rings. The van der Waals surface area contributed by atoms with E-state index in [4.69, 9.17) is 25.2 Å². The van der Waals surface area contributed by atoms with E-state index in [1.54, 1.807) is 18.2 Å². The second-order valence-corrected chi connectivity index (χ2v) is 5.41. The number of hydrogen-bond donors (Lipinski definition) is 3. The number of nitrogens with one attached hydrogen (secondary N) is 1. The number of hydrogen-bond acceptors (Lipinski definition) is 5. The van der Waals surface area contributed by atoms with Gasteiger partial charge in [0.25, 0.3) is 10.1 Å². The number of nitrogens with zero attached hydrogens (tertiary/aromatic N) is 1. The van der Waals surface area contributed by atoms with Crippen LogP contribution in [0.3, 0.4) is 0 Å². The molecule has 0 aromatic heterocycles. The number of nitrogens with two attached hydrogens (primary N) is 1. The second kappa shape index (κ2) is 6.44. The van der Waals surface area contributed by atoms with Gasteiger partial charge in [-0.3, -0.25) is 9.96 Å². The zero-order valence-corrected chi connectivity index (χ0v) is 12.0. The molecule has 8 nitrogen and oxygen atoms in total. The van der Waals surface area contributed by atoms with Crippen LogP contribution in [0.25, 0.3) is 0 Å². The molecule has 0 amide bonds. The average Bonchev–Trinajstić information content (AvgIpc) is 2.36. The number of guanidine groups is 1. The summed E-state index contributed by atoms with van der Waals surface area (Å²) in [6.45, 7) is 0.0372. The predicted octanol–water partition coefficient (Wildman–Crippen LogP) is 0.245. The van der Waals surface area contributed by atoms with Crippen molar-refractivity contribution < 1.29 is 22.4 Å². The highest BCUT2D eigenvalue weighted by Gasteiger charge is 2.16. The van der Waals surface area contributed by atoms with Crippen LogP contribution in [-0.4, -0.2) is 43.9 Å². The summed E-state index contributed by atoms with van der Waals surface area (Å²) in [5.74, 6) is -0.213. The minimum absolute atomic E-state index is 0.0372. The quantitative estimate of drug-likeness (QED) is 0.390. The first-order valence-electron chi connectivity index (χ1n) is 5.52. The van der Waals surface area contributed by atoms with Crippen LogP contribution in [0.4, 0.5) is 0 Å². The Kier molecular flexibility index (Phi) is 5.17. The highest BCUT2D eigenvalue weighted by atomic mass is 32.2. The molecule has 0 radical (unpaired) electrons. The molecular formula is C11H17N3O5S. The van der Waals surface area contributed by atoms with Crippen molar-refractivity contribution in [1.82, 2.24) is 4.90 Å². The molecule has 20 heavy (non-hydrogen) atoms. The van der Waals surface area contributed by atoms with Gasteiger partial charge in [-0.25, -0.2) is 0 Å². The lowest BCUT2D eigenvalue weighted by molar-refractivity contribution is 0.353. The predicted molar refractivity (Wildman–Crippen MR) is 73.4 cm³/mol. The zero-order chi connectivity index (χ0) is 15.3. The lowest BCUT2D eigenvalue weighted by Gasteiger charge is -2.21. The molecule has 0 aliphatic rings. The maximum atomic E-state index is 10.9. The smallest absolute Gasteiger partial charge is 0.283 e. The average molecular weight is 303 g/mol. The van der Waals surface area contributed by atoms with Crippen LogP contribution in [-0.2, 0) is 16.7 Å². The van der Waals surface area contributed by atoms with Crippen molar-refractivity contribution >= 4 is 16.1 Å². The summed E-state index contributed by atoms with van der Waals surface area (Å²) in [6.07, 6.45) is 0. The van der Waals surface area contributed by atoms with E-state index < -0.39 is 22.0 Å². The van der Waals surface area contributed by atoms with Gasteiger partial charge in [-0.15, -0.1) is 0 Å². The van der Waals surface area contributed by atoms with Crippen molar-refractivity contribution in [3.63, 3.8) is 0 Å². The Labute approximate surface area is 117 Å². The van der Waals surface area contributed by atoms with E-state index in [2.05, 4.69) is 0 Å². The largest absolute Gasteiger partial charge is 0.493 e. The lowest BCUT2D eigenvalue weighted by atomic mass is 10.2. The summed E-state index contributed by atoms with van der Waals surface area (Å²) in [7, 11) is -1.30. The van der Waals surface area contributed by atoms with Crippen molar-refractivity contribution in [2.45, 2.75) is 6.54 Å². The first-order valence-corrected chi connectivity index (χ1v) is 7.12. The minimum Gasteiger partial charge on any atom is -0.493 e. The molecule has 0 fully saturated rings. The Balaban J connectivity index is 2.97. The lowest BCUT2D eigenvalue weighted by Crippen LogP contribution is -2.39. The Hall–Kier alpha value is -2.00. The first kappa shape index (κ1) is 16.1. The van der Waals surface area contributed by atoms with E-state index in [0.29, 0.717) is 17.1 Å². The fourth-order valence-corrected chi connectivity index (χ4v) is 2.22. The molecule has 1 aromatic carbocycles. The summed E-state index contributed by atoms with van der Waals surface area (Å²) in [5, 5.41) is 7.33. The van der Waals surface area contributed by atoms with Gasteiger partial charge in [0.05, 0.1) is 14.2 Å². The van der Waals surface area contributed by atoms with Crippen molar-refractivity contribution in [2.24, 2.45) is 5.73 Å². The van der Waals surface area contributed by atoms with Gasteiger partial charge in [0.2, 0.25) is 0 Å². The summed E-state index contributed by atoms with van der Waals surface area (Å²) < 4.78 is 40.8. The van der Waals surface area contributed by atoms with E-state index in [1.807, 2.05) is 0 Å².